The second kappa shape index (κ2) is 7.15. The highest BCUT2D eigenvalue weighted by atomic mass is 19.1. The minimum atomic E-state index is -1.98. The molecule has 0 saturated carbocycles. The lowest BCUT2D eigenvalue weighted by atomic mass is 9.91. The van der Waals surface area contributed by atoms with Gasteiger partial charge in [0.15, 0.2) is 17.1 Å². The van der Waals surface area contributed by atoms with Crippen LogP contribution >= 0.6 is 0 Å². The Morgan fingerprint density at radius 1 is 1.17 bits per heavy atom. The largest absolute Gasteiger partial charge is 0.491 e. The Morgan fingerprint density at radius 2 is 2.00 bits per heavy atom. The predicted octanol–water partition coefficient (Wildman–Crippen LogP) is 1.39. The number of carbonyl (C=O) groups is 1. The molecule has 11 heteroatoms. The number of halogens is 2. The van der Waals surface area contributed by atoms with Crippen LogP contribution in [-0.4, -0.2) is 67.3 Å². The number of amides is 1. The molecule has 0 bridgehead atoms. The molecule has 0 aliphatic carbocycles. The molecule has 1 saturated heterocycles. The van der Waals surface area contributed by atoms with Gasteiger partial charge in [-0.05, 0) is 6.07 Å². The summed E-state index contributed by atoms with van der Waals surface area (Å²) in [5, 5.41) is 4.00. The summed E-state index contributed by atoms with van der Waals surface area (Å²) in [6.07, 6.45) is 5.57. The summed E-state index contributed by atoms with van der Waals surface area (Å²) in [4.78, 5) is 28.4. The third kappa shape index (κ3) is 3.10. The second-order valence-corrected chi connectivity index (χ2v) is 7.41. The fraction of sp³-hybridized carbons (Fsp3) is 0.421. The van der Waals surface area contributed by atoms with E-state index in [1.807, 2.05) is 0 Å². The molecule has 0 unspecified atom stereocenters. The Bertz CT molecular complexity index is 1100. The van der Waals surface area contributed by atoms with E-state index in [2.05, 4.69) is 20.1 Å². The van der Waals surface area contributed by atoms with Gasteiger partial charge in [0.1, 0.15) is 18.7 Å². The monoisotopic (exact) mass is 415 g/mol. The van der Waals surface area contributed by atoms with Gasteiger partial charge in [0.25, 0.3) is 5.91 Å². The van der Waals surface area contributed by atoms with Crippen molar-refractivity contribution >= 4 is 17.5 Å². The van der Waals surface area contributed by atoms with E-state index in [4.69, 9.17) is 4.74 Å². The third-order valence-corrected chi connectivity index (χ3v) is 5.59. The highest BCUT2D eigenvalue weighted by Crippen LogP contribution is 2.32. The number of hydrogen-bond donors (Lipinski definition) is 0. The molecule has 1 amide bonds. The summed E-state index contributed by atoms with van der Waals surface area (Å²) in [6, 6.07) is 1.74. The molecular weight excluding hydrogens is 396 g/mol. The molecule has 3 aromatic rings. The van der Waals surface area contributed by atoms with Gasteiger partial charge in [-0.3, -0.25) is 9.78 Å². The Labute approximate surface area is 170 Å². The number of anilines is 1. The van der Waals surface area contributed by atoms with Crippen LogP contribution in [0.1, 0.15) is 18.4 Å². The van der Waals surface area contributed by atoms with Crippen molar-refractivity contribution in [1.29, 1.82) is 0 Å². The van der Waals surface area contributed by atoms with Crippen LogP contribution in [0.3, 0.4) is 0 Å². The first-order valence-electron chi connectivity index (χ1n) is 9.68. The standard InChI is InChI=1S/C19H19F2N7O2/c20-14-10-23-18(28-16(14)24-12-25-28)26-5-2-19(21,3-6-26)17(29)27-7-8-30-15-1-4-22-9-13(15)11-27/h1,4,9-10,12H,2-3,5-8,11H2. The number of nitrogens with zero attached hydrogens (tertiary/aromatic N) is 7. The van der Waals surface area contributed by atoms with Crippen molar-refractivity contribution in [3.05, 3.63) is 42.4 Å². The number of fused-ring (bicyclic) bond motifs is 2. The summed E-state index contributed by atoms with van der Waals surface area (Å²) in [6.45, 7) is 1.36. The topological polar surface area (TPSA) is 88.8 Å². The number of aromatic nitrogens is 5. The molecule has 5 heterocycles. The van der Waals surface area contributed by atoms with Crippen LogP contribution < -0.4 is 9.64 Å². The Kier molecular flexibility index (Phi) is 4.44. The quantitative estimate of drug-likeness (QED) is 0.625. The third-order valence-electron chi connectivity index (χ3n) is 5.59. The molecule has 2 aliphatic heterocycles. The van der Waals surface area contributed by atoms with E-state index in [1.165, 1.54) is 15.7 Å². The summed E-state index contributed by atoms with van der Waals surface area (Å²) >= 11 is 0. The second-order valence-electron chi connectivity index (χ2n) is 7.41. The lowest BCUT2D eigenvalue weighted by Crippen LogP contribution is -2.53. The summed E-state index contributed by atoms with van der Waals surface area (Å²) < 4.78 is 36.4. The fourth-order valence-corrected chi connectivity index (χ4v) is 3.95. The molecule has 156 valence electrons. The van der Waals surface area contributed by atoms with E-state index >= 15 is 4.39 Å². The first kappa shape index (κ1) is 18.6. The van der Waals surface area contributed by atoms with Crippen LogP contribution in [0.25, 0.3) is 5.65 Å². The van der Waals surface area contributed by atoms with Crippen molar-refractivity contribution in [3.63, 3.8) is 0 Å². The van der Waals surface area contributed by atoms with Gasteiger partial charge in [-0.1, -0.05) is 0 Å². The number of piperidine rings is 1. The van der Waals surface area contributed by atoms with Crippen molar-refractivity contribution in [1.82, 2.24) is 29.5 Å². The van der Waals surface area contributed by atoms with Crippen LogP contribution in [0.15, 0.2) is 31.0 Å². The van der Waals surface area contributed by atoms with Crippen molar-refractivity contribution in [2.45, 2.75) is 25.1 Å². The van der Waals surface area contributed by atoms with Crippen LogP contribution in [0.5, 0.6) is 5.75 Å². The highest BCUT2D eigenvalue weighted by molar-refractivity contribution is 5.85. The molecule has 9 nitrogen and oxygen atoms in total. The Morgan fingerprint density at radius 3 is 2.83 bits per heavy atom. The van der Waals surface area contributed by atoms with Crippen LogP contribution in [-0.2, 0) is 11.3 Å². The molecule has 3 aromatic heterocycles. The number of rotatable bonds is 2. The molecular formula is C19H19F2N7O2. The smallest absolute Gasteiger partial charge is 0.260 e. The van der Waals surface area contributed by atoms with Crippen molar-refractivity contribution in [3.8, 4) is 5.75 Å². The average Bonchev–Trinajstić information content (AvgIpc) is 3.16. The van der Waals surface area contributed by atoms with E-state index in [1.54, 1.807) is 23.4 Å². The minimum Gasteiger partial charge on any atom is -0.491 e. The van der Waals surface area contributed by atoms with Crippen molar-refractivity contribution < 1.29 is 18.3 Å². The maximum absolute atomic E-state index is 15.7. The molecule has 5 rings (SSSR count). The van der Waals surface area contributed by atoms with Crippen molar-refractivity contribution in [2.75, 3.05) is 31.1 Å². The normalized spacial score (nSPS) is 18.6. The van der Waals surface area contributed by atoms with Gasteiger partial charge in [0, 0.05) is 43.9 Å². The van der Waals surface area contributed by atoms with E-state index in [0.717, 1.165) is 11.8 Å². The van der Waals surface area contributed by atoms with Gasteiger partial charge in [0.2, 0.25) is 5.95 Å². The molecule has 2 aliphatic rings. The molecule has 0 radical (unpaired) electrons. The summed E-state index contributed by atoms with van der Waals surface area (Å²) in [5.41, 5.74) is -1.16. The Hall–Kier alpha value is -3.37. The van der Waals surface area contributed by atoms with Crippen molar-refractivity contribution in [2.24, 2.45) is 0 Å². The van der Waals surface area contributed by atoms with Crippen LogP contribution in [0.2, 0.25) is 0 Å². The molecule has 30 heavy (non-hydrogen) atoms. The van der Waals surface area contributed by atoms with Gasteiger partial charge >= 0.3 is 0 Å². The minimum absolute atomic E-state index is 0.00165. The lowest BCUT2D eigenvalue weighted by Gasteiger charge is -2.38. The summed E-state index contributed by atoms with van der Waals surface area (Å²) in [5.74, 6) is -0.0781. The summed E-state index contributed by atoms with van der Waals surface area (Å²) in [7, 11) is 0. The maximum atomic E-state index is 15.7. The number of ether oxygens (including phenoxy) is 1. The van der Waals surface area contributed by atoms with Crippen LogP contribution in [0.4, 0.5) is 14.7 Å². The molecule has 0 aromatic carbocycles. The van der Waals surface area contributed by atoms with Gasteiger partial charge in [0.05, 0.1) is 19.3 Å². The maximum Gasteiger partial charge on any atom is 0.260 e. The zero-order valence-corrected chi connectivity index (χ0v) is 16.0. The molecule has 0 atom stereocenters. The zero-order valence-electron chi connectivity index (χ0n) is 16.0. The van der Waals surface area contributed by atoms with Gasteiger partial charge in [-0.2, -0.15) is 9.61 Å². The lowest BCUT2D eigenvalue weighted by molar-refractivity contribution is -0.146. The zero-order chi connectivity index (χ0) is 20.7. The predicted molar refractivity (Wildman–Crippen MR) is 101 cm³/mol. The number of pyridine rings is 1. The molecule has 1 fully saturated rings. The van der Waals surface area contributed by atoms with E-state index in [0.29, 0.717) is 24.8 Å². The number of hydrogen-bond acceptors (Lipinski definition) is 7. The van der Waals surface area contributed by atoms with E-state index in [-0.39, 0.29) is 38.1 Å². The van der Waals surface area contributed by atoms with E-state index in [9.17, 15) is 9.18 Å². The Balaban J connectivity index is 1.32. The number of alkyl halides is 1. The van der Waals surface area contributed by atoms with E-state index < -0.39 is 17.4 Å². The first-order valence-corrected chi connectivity index (χ1v) is 9.68. The SMILES string of the molecule is O=C(N1CCOc2ccncc2C1)C1(F)CCN(c2ncc(F)c3ncnn23)CC1. The first-order chi connectivity index (χ1) is 14.5. The average molecular weight is 415 g/mol. The fourth-order valence-electron chi connectivity index (χ4n) is 3.95. The molecule has 0 N–H and O–H groups in total. The van der Waals surface area contributed by atoms with Gasteiger partial charge < -0.3 is 14.5 Å². The highest BCUT2D eigenvalue weighted by Gasteiger charge is 2.45. The van der Waals surface area contributed by atoms with Crippen LogP contribution in [0, 0.1) is 5.82 Å². The van der Waals surface area contributed by atoms with Gasteiger partial charge in [-0.25, -0.2) is 18.7 Å². The van der Waals surface area contributed by atoms with Gasteiger partial charge in [-0.15, -0.1) is 0 Å². The number of carbonyl (C=O) groups excluding carboxylic acids is 1. The molecule has 0 spiro atoms.